The summed E-state index contributed by atoms with van der Waals surface area (Å²) in [5.74, 6) is 0.117. The molecule has 1 aromatic rings. The van der Waals surface area contributed by atoms with Gasteiger partial charge in [-0.05, 0) is 30.5 Å². The highest BCUT2D eigenvalue weighted by molar-refractivity contribution is 7.89. The fourth-order valence-electron chi connectivity index (χ4n) is 1.84. The van der Waals surface area contributed by atoms with Gasteiger partial charge in [0.25, 0.3) is 0 Å². The van der Waals surface area contributed by atoms with Crippen molar-refractivity contribution < 1.29 is 8.42 Å². The minimum absolute atomic E-state index is 0.117. The molecular weight excluding hydrogens is 248 g/mol. The molecule has 0 fully saturated rings. The lowest BCUT2D eigenvalue weighted by molar-refractivity contribution is 0.578. The number of sulfonamides is 1. The fraction of sp³-hybridized carbons (Fsp3) is 0.538. The van der Waals surface area contributed by atoms with Crippen molar-refractivity contribution in [1.82, 2.24) is 10.0 Å². The van der Waals surface area contributed by atoms with Crippen LogP contribution in [-0.2, 0) is 16.6 Å². The van der Waals surface area contributed by atoms with Gasteiger partial charge in [-0.1, -0.05) is 25.1 Å². The van der Waals surface area contributed by atoms with Crippen LogP contribution in [0.4, 0.5) is 0 Å². The van der Waals surface area contributed by atoms with Gasteiger partial charge in [-0.3, -0.25) is 0 Å². The van der Waals surface area contributed by atoms with Gasteiger partial charge in [0.1, 0.15) is 0 Å². The minimum Gasteiger partial charge on any atom is -0.312 e. The lowest BCUT2D eigenvalue weighted by Crippen LogP contribution is -2.31. The van der Waals surface area contributed by atoms with E-state index in [4.69, 9.17) is 0 Å². The lowest BCUT2D eigenvalue weighted by Gasteiger charge is -2.11. The van der Waals surface area contributed by atoms with Gasteiger partial charge in [-0.15, -0.1) is 0 Å². The Bertz CT molecular complexity index is 464. The van der Waals surface area contributed by atoms with E-state index in [0.29, 0.717) is 19.6 Å². The predicted octanol–water partition coefficient (Wildman–Crippen LogP) is 1.33. The number of aryl methyl sites for hydroxylation is 2. The van der Waals surface area contributed by atoms with Crippen molar-refractivity contribution in [2.24, 2.45) is 0 Å². The maximum Gasteiger partial charge on any atom is 0.212 e. The van der Waals surface area contributed by atoms with Crippen LogP contribution in [0.2, 0.25) is 0 Å². The first-order valence-electron chi connectivity index (χ1n) is 6.19. The van der Waals surface area contributed by atoms with Crippen molar-refractivity contribution >= 4 is 10.0 Å². The first-order valence-corrected chi connectivity index (χ1v) is 7.84. The Morgan fingerprint density at radius 2 is 1.78 bits per heavy atom. The Kier molecular flexibility index (Phi) is 5.78. The third kappa shape index (κ3) is 4.76. The maximum absolute atomic E-state index is 11.4. The average molecular weight is 270 g/mol. The maximum atomic E-state index is 11.4. The Hall–Kier alpha value is -0.910. The van der Waals surface area contributed by atoms with E-state index >= 15 is 0 Å². The van der Waals surface area contributed by atoms with Gasteiger partial charge >= 0.3 is 0 Å². The SMILES string of the molecule is CCNS(=O)(=O)CCNCc1c(C)cccc1C. The zero-order chi connectivity index (χ0) is 13.6. The van der Waals surface area contributed by atoms with Crippen LogP contribution in [0.5, 0.6) is 0 Å². The molecule has 1 rings (SSSR count). The first-order chi connectivity index (χ1) is 8.46. The fourth-order valence-corrected chi connectivity index (χ4v) is 2.84. The largest absolute Gasteiger partial charge is 0.312 e. The molecule has 0 saturated heterocycles. The second kappa shape index (κ2) is 6.87. The molecule has 0 saturated carbocycles. The molecule has 1 aromatic carbocycles. The Morgan fingerprint density at radius 3 is 2.33 bits per heavy atom. The number of hydrogen-bond donors (Lipinski definition) is 2. The molecular formula is C13H22N2O2S. The quantitative estimate of drug-likeness (QED) is 0.735. The zero-order valence-electron chi connectivity index (χ0n) is 11.3. The normalized spacial score (nSPS) is 11.7. The lowest BCUT2D eigenvalue weighted by atomic mass is 10.0. The van der Waals surface area contributed by atoms with Gasteiger partial charge in [-0.2, -0.15) is 0 Å². The van der Waals surface area contributed by atoms with E-state index in [1.165, 1.54) is 16.7 Å². The second-order valence-corrected chi connectivity index (χ2v) is 6.29. The summed E-state index contributed by atoms with van der Waals surface area (Å²) in [6.45, 7) is 7.53. The Labute approximate surface area is 110 Å². The summed E-state index contributed by atoms with van der Waals surface area (Å²) < 4.78 is 25.3. The van der Waals surface area contributed by atoms with Crippen LogP contribution in [0, 0.1) is 13.8 Å². The molecule has 0 amide bonds. The molecule has 0 aliphatic carbocycles. The summed E-state index contributed by atoms with van der Waals surface area (Å²) in [5.41, 5.74) is 3.72. The molecule has 5 heteroatoms. The van der Waals surface area contributed by atoms with E-state index in [0.717, 1.165) is 0 Å². The summed E-state index contributed by atoms with van der Waals surface area (Å²) in [6.07, 6.45) is 0. The summed E-state index contributed by atoms with van der Waals surface area (Å²) in [5, 5.41) is 3.18. The van der Waals surface area contributed by atoms with E-state index in [1.807, 2.05) is 6.07 Å². The van der Waals surface area contributed by atoms with Gasteiger partial charge in [0.2, 0.25) is 10.0 Å². The van der Waals surface area contributed by atoms with Crippen LogP contribution < -0.4 is 10.0 Å². The van der Waals surface area contributed by atoms with Crippen molar-refractivity contribution in [1.29, 1.82) is 0 Å². The molecule has 0 aliphatic rings. The smallest absolute Gasteiger partial charge is 0.212 e. The van der Waals surface area contributed by atoms with Crippen molar-refractivity contribution in [2.75, 3.05) is 18.8 Å². The number of rotatable bonds is 7. The monoisotopic (exact) mass is 270 g/mol. The topological polar surface area (TPSA) is 58.2 Å². The Balaban J connectivity index is 2.43. The van der Waals surface area contributed by atoms with Gasteiger partial charge in [0.05, 0.1) is 5.75 Å². The van der Waals surface area contributed by atoms with Crippen LogP contribution in [0.15, 0.2) is 18.2 Å². The Morgan fingerprint density at radius 1 is 1.17 bits per heavy atom. The highest BCUT2D eigenvalue weighted by Gasteiger charge is 2.07. The molecule has 102 valence electrons. The first kappa shape index (κ1) is 15.1. The van der Waals surface area contributed by atoms with Gasteiger partial charge in [-0.25, -0.2) is 13.1 Å². The van der Waals surface area contributed by atoms with Gasteiger partial charge < -0.3 is 5.32 Å². The van der Waals surface area contributed by atoms with Gasteiger partial charge in [0.15, 0.2) is 0 Å². The van der Waals surface area contributed by atoms with Crippen molar-refractivity contribution in [3.63, 3.8) is 0 Å². The van der Waals surface area contributed by atoms with Crippen molar-refractivity contribution in [3.8, 4) is 0 Å². The average Bonchev–Trinajstić information content (AvgIpc) is 2.27. The molecule has 0 aromatic heterocycles. The summed E-state index contributed by atoms with van der Waals surface area (Å²) in [6, 6.07) is 6.17. The molecule has 0 atom stereocenters. The van der Waals surface area contributed by atoms with E-state index in [2.05, 4.69) is 36.0 Å². The molecule has 0 aliphatic heterocycles. The molecule has 2 N–H and O–H groups in total. The van der Waals surface area contributed by atoms with Crippen molar-refractivity contribution in [3.05, 3.63) is 34.9 Å². The molecule has 18 heavy (non-hydrogen) atoms. The highest BCUT2D eigenvalue weighted by Crippen LogP contribution is 2.12. The highest BCUT2D eigenvalue weighted by atomic mass is 32.2. The van der Waals surface area contributed by atoms with Gasteiger partial charge in [0, 0.05) is 19.6 Å². The number of hydrogen-bond acceptors (Lipinski definition) is 3. The number of benzene rings is 1. The molecule has 0 heterocycles. The molecule has 0 unspecified atom stereocenters. The third-order valence-corrected chi connectivity index (χ3v) is 4.33. The molecule has 0 bridgehead atoms. The zero-order valence-corrected chi connectivity index (χ0v) is 12.1. The van der Waals surface area contributed by atoms with E-state index in [-0.39, 0.29) is 5.75 Å². The van der Waals surface area contributed by atoms with Crippen LogP contribution in [0.1, 0.15) is 23.6 Å². The third-order valence-electron chi connectivity index (χ3n) is 2.86. The van der Waals surface area contributed by atoms with Crippen LogP contribution in [0.3, 0.4) is 0 Å². The predicted molar refractivity (Wildman–Crippen MR) is 75.1 cm³/mol. The molecule has 0 radical (unpaired) electrons. The van der Waals surface area contributed by atoms with Crippen LogP contribution in [0.25, 0.3) is 0 Å². The van der Waals surface area contributed by atoms with Crippen molar-refractivity contribution in [2.45, 2.75) is 27.3 Å². The van der Waals surface area contributed by atoms with E-state index in [1.54, 1.807) is 6.92 Å². The second-order valence-electron chi connectivity index (χ2n) is 4.36. The van der Waals surface area contributed by atoms with Crippen LogP contribution in [-0.4, -0.2) is 27.3 Å². The minimum atomic E-state index is -3.12. The molecule has 0 spiro atoms. The van der Waals surface area contributed by atoms with Crippen LogP contribution >= 0.6 is 0 Å². The van der Waals surface area contributed by atoms with E-state index < -0.39 is 10.0 Å². The summed E-state index contributed by atoms with van der Waals surface area (Å²) in [4.78, 5) is 0. The van der Waals surface area contributed by atoms with E-state index in [9.17, 15) is 8.42 Å². The number of nitrogens with one attached hydrogen (secondary N) is 2. The summed E-state index contributed by atoms with van der Waals surface area (Å²) in [7, 11) is -3.12. The standard InChI is InChI=1S/C13H22N2O2S/c1-4-15-18(16,17)9-8-14-10-13-11(2)6-5-7-12(13)3/h5-7,14-15H,4,8-10H2,1-3H3. The molecule has 4 nitrogen and oxygen atoms in total. The summed E-state index contributed by atoms with van der Waals surface area (Å²) >= 11 is 0.